The van der Waals surface area contributed by atoms with E-state index in [4.69, 9.17) is 11.6 Å². The zero-order chi connectivity index (χ0) is 10.9. The molecular weight excluding hydrogens is 186 g/mol. The van der Waals surface area contributed by atoms with Crippen LogP contribution in [0.5, 0.6) is 0 Å². The van der Waals surface area contributed by atoms with Crippen molar-refractivity contribution >= 4 is 17.5 Å². The van der Waals surface area contributed by atoms with Gasteiger partial charge in [0.1, 0.15) is 0 Å². The average molecular weight is 206 g/mol. The molecule has 0 fully saturated rings. The predicted octanol–water partition coefficient (Wildman–Crippen LogP) is 2.55. The van der Waals surface area contributed by atoms with E-state index in [0.29, 0.717) is 0 Å². The van der Waals surface area contributed by atoms with E-state index >= 15 is 0 Å². The van der Waals surface area contributed by atoms with Gasteiger partial charge in [0.15, 0.2) is 0 Å². The summed E-state index contributed by atoms with van der Waals surface area (Å²) in [6.07, 6.45) is 0. The Balaban J connectivity index is 4.38. The molecule has 1 unspecified atom stereocenters. The second-order valence-electron chi connectivity index (χ2n) is 5.04. The summed E-state index contributed by atoms with van der Waals surface area (Å²) < 4.78 is 0. The zero-order valence-electron chi connectivity index (χ0n) is 9.36. The lowest BCUT2D eigenvalue weighted by Gasteiger charge is -2.32. The molecule has 13 heavy (non-hydrogen) atoms. The van der Waals surface area contributed by atoms with Gasteiger partial charge in [0, 0.05) is 5.41 Å². The monoisotopic (exact) mass is 205 g/mol. The fourth-order valence-electron chi connectivity index (χ4n) is 0.580. The second-order valence-corrected chi connectivity index (χ2v) is 5.70. The maximum absolute atomic E-state index is 11.6. The van der Waals surface area contributed by atoms with Crippen molar-refractivity contribution in [1.29, 1.82) is 0 Å². The lowest BCUT2D eigenvalue weighted by molar-refractivity contribution is -0.130. The van der Waals surface area contributed by atoms with Gasteiger partial charge in [-0.25, -0.2) is 0 Å². The molecule has 1 atom stereocenters. The van der Waals surface area contributed by atoms with Crippen LogP contribution in [0, 0.1) is 5.41 Å². The number of hydrogen-bond acceptors (Lipinski definition) is 1. The van der Waals surface area contributed by atoms with Crippen LogP contribution in [0.25, 0.3) is 0 Å². The highest BCUT2D eigenvalue weighted by molar-refractivity contribution is 6.21. The first-order chi connectivity index (χ1) is 5.57. The molecule has 0 spiro atoms. The van der Waals surface area contributed by atoms with Crippen LogP contribution in [0.1, 0.15) is 41.5 Å². The van der Waals surface area contributed by atoms with Gasteiger partial charge < -0.3 is 5.32 Å². The Morgan fingerprint density at radius 2 is 1.62 bits per heavy atom. The molecule has 0 radical (unpaired) electrons. The van der Waals surface area contributed by atoms with Crippen molar-refractivity contribution in [2.24, 2.45) is 5.41 Å². The normalized spacial score (nSPS) is 15.3. The van der Waals surface area contributed by atoms with Crippen LogP contribution in [0.2, 0.25) is 0 Å². The molecule has 0 aromatic heterocycles. The molecule has 2 nitrogen and oxygen atoms in total. The van der Waals surface area contributed by atoms with E-state index in [-0.39, 0.29) is 22.2 Å². The molecule has 0 bridgehead atoms. The molecule has 1 amide bonds. The Kier molecular flexibility index (Phi) is 3.80. The minimum absolute atomic E-state index is 0.0324. The molecule has 0 aliphatic rings. The van der Waals surface area contributed by atoms with Gasteiger partial charge in [0.2, 0.25) is 5.91 Å². The van der Waals surface area contributed by atoms with E-state index in [2.05, 4.69) is 5.32 Å². The van der Waals surface area contributed by atoms with Crippen molar-refractivity contribution in [3.63, 3.8) is 0 Å². The van der Waals surface area contributed by atoms with Crippen molar-refractivity contribution in [1.82, 2.24) is 5.32 Å². The highest BCUT2D eigenvalue weighted by Crippen LogP contribution is 2.19. The van der Waals surface area contributed by atoms with Gasteiger partial charge in [-0.05, 0) is 20.8 Å². The van der Waals surface area contributed by atoms with Crippen molar-refractivity contribution < 1.29 is 4.79 Å². The summed E-state index contributed by atoms with van der Waals surface area (Å²) in [7, 11) is 0. The first-order valence-corrected chi connectivity index (χ1v) is 4.97. The summed E-state index contributed by atoms with van der Waals surface area (Å²) >= 11 is 5.95. The summed E-state index contributed by atoms with van der Waals surface area (Å²) in [5.74, 6) is 0.0324. The van der Waals surface area contributed by atoms with Crippen molar-refractivity contribution in [2.75, 3.05) is 0 Å². The summed E-state index contributed by atoms with van der Waals surface area (Å²) in [4.78, 5) is 11.6. The lowest BCUT2D eigenvalue weighted by Crippen LogP contribution is -2.52. The third-order valence-corrected chi connectivity index (χ3v) is 2.66. The van der Waals surface area contributed by atoms with Crippen LogP contribution in [0.15, 0.2) is 0 Å². The zero-order valence-corrected chi connectivity index (χ0v) is 10.1. The summed E-state index contributed by atoms with van der Waals surface area (Å²) in [5.41, 5.74) is -0.713. The van der Waals surface area contributed by atoms with Crippen molar-refractivity contribution in [3.05, 3.63) is 0 Å². The maximum atomic E-state index is 11.6. The SMILES string of the molecule is CC(Cl)C(C)(C)NC(=O)C(C)(C)C. The van der Waals surface area contributed by atoms with Crippen molar-refractivity contribution in [3.8, 4) is 0 Å². The summed E-state index contributed by atoms with van der Waals surface area (Å²) in [6.45, 7) is 11.4. The molecule has 0 aliphatic carbocycles. The van der Waals surface area contributed by atoms with Crippen LogP contribution in [-0.2, 0) is 4.79 Å². The van der Waals surface area contributed by atoms with Crippen LogP contribution >= 0.6 is 11.6 Å². The molecule has 0 rings (SSSR count). The fourth-order valence-corrected chi connectivity index (χ4v) is 0.634. The molecule has 0 aromatic carbocycles. The number of nitrogens with one attached hydrogen (secondary N) is 1. The van der Waals surface area contributed by atoms with Gasteiger partial charge in [0.25, 0.3) is 0 Å². The quantitative estimate of drug-likeness (QED) is 0.690. The first-order valence-electron chi connectivity index (χ1n) is 4.54. The number of halogens is 1. The van der Waals surface area contributed by atoms with Crippen molar-refractivity contribution in [2.45, 2.75) is 52.5 Å². The highest BCUT2D eigenvalue weighted by atomic mass is 35.5. The third-order valence-electron chi connectivity index (χ3n) is 2.11. The molecule has 3 heteroatoms. The van der Waals surface area contributed by atoms with E-state index in [1.54, 1.807) is 0 Å². The fraction of sp³-hybridized carbons (Fsp3) is 0.900. The second kappa shape index (κ2) is 3.87. The average Bonchev–Trinajstić information content (AvgIpc) is 1.83. The molecule has 0 aromatic rings. The number of carbonyl (C=O) groups is 1. The van der Waals surface area contributed by atoms with Gasteiger partial charge in [-0.3, -0.25) is 4.79 Å². The van der Waals surface area contributed by atoms with Crippen LogP contribution in [-0.4, -0.2) is 16.8 Å². The molecule has 0 aliphatic heterocycles. The van der Waals surface area contributed by atoms with E-state index in [1.807, 2.05) is 41.5 Å². The number of carbonyl (C=O) groups excluding carboxylic acids is 1. The van der Waals surface area contributed by atoms with Crippen LogP contribution in [0.3, 0.4) is 0 Å². The Labute approximate surface area is 86.0 Å². The molecule has 0 heterocycles. The van der Waals surface area contributed by atoms with Crippen LogP contribution in [0.4, 0.5) is 0 Å². The van der Waals surface area contributed by atoms with Gasteiger partial charge in [0.05, 0.1) is 10.9 Å². The maximum Gasteiger partial charge on any atom is 0.225 e. The predicted molar refractivity (Wildman–Crippen MR) is 57.0 cm³/mol. The molecule has 1 N–H and O–H groups in total. The topological polar surface area (TPSA) is 29.1 Å². The van der Waals surface area contributed by atoms with E-state index < -0.39 is 0 Å². The minimum Gasteiger partial charge on any atom is -0.349 e. The Morgan fingerprint density at radius 3 is 1.85 bits per heavy atom. The van der Waals surface area contributed by atoms with Gasteiger partial charge in [-0.2, -0.15) is 0 Å². The minimum atomic E-state index is -0.358. The largest absolute Gasteiger partial charge is 0.349 e. The van der Waals surface area contributed by atoms with Gasteiger partial charge >= 0.3 is 0 Å². The Bertz CT molecular complexity index is 192. The number of amides is 1. The third kappa shape index (κ3) is 3.99. The highest BCUT2D eigenvalue weighted by Gasteiger charge is 2.30. The number of alkyl halides is 1. The summed E-state index contributed by atoms with van der Waals surface area (Å²) in [6, 6.07) is 0. The first kappa shape index (κ1) is 12.8. The molecule has 0 saturated heterocycles. The smallest absolute Gasteiger partial charge is 0.225 e. The lowest BCUT2D eigenvalue weighted by atomic mass is 9.92. The van der Waals surface area contributed by atoms with E-state index in [9.17, 15) is 4.79 Å². The Hall–Kier alpha value is -0.240. The number of rotatable bonds is 2. The Morgan fingerprint density at radius 1 is 1.23 bits per heavy atom. The van der Waals surface area contributed by atoms with E-state index in [1.165, 1.54) is 0 Å². The van der Waals surface area contributed by atoms with E-state index in [0.717, 1.165) is 0 Å². The molecule has 78 valence electrons. The number of hydrogen-bond donors (Lipinski definition) is 1. The van der Waals surface area contributed by atoms with Gasteiger partial charge in [-0.15, -0.1) is 11.6 Å². The molecular formula is C10H20ClNO. The molecule has 0 saturated carbocycles. The van der Waals surface area contributed by atoms with Gasteiger partial charge in [-0.1, -0.05) is 20.8 Å². The standard InChI is InChI=1S/C10H20ClNO/c1-7(11)10(5,6)12-8(13)9(2,3)4/h7H,1-6H3,(H,12,13). The summed E-state index contributed by atoms with van der Waals surface area (Å²) in [5, 5.41) is 2.84. The van der Waals surface area contributed by atoms with Crippen LogP contribution < -0.4 is 5.32 Å².